The van der Waals surface area contributed by atoms with E-state index in [4.69, 9.17) is 4.74 Å². The zero-order valence-corrected chi connectivity index (χ0v) is 18.0. The van der Waals surface area contributed by atoms with Crippen molar-refractivity contribution in [2.75, 3.05) is 7.11 Å². The van der Waals surface area contributed by atoms with Gasteiger partial charge in [-0.1, -0.05) is 0 Å². The van der Waals surface area contributed by atoms with Gasteiger partial charge in [-0.3, -0.25) is 0 Å². The van der Waals surface area contributed by atoms with Crippen LogP contribution in [0.2, 0.25) is 0 Å². The molecule has 0 unspecified atom stereocenters. The predicted octanol–water partition coefficient (Wildman–Crippen LogP) is 2.97. The minimum atomic E-state index is -2.36. The van der Waals surface area contributed by atoms with Crippen molar-refractivity contribution in [3.8, 4) is 0 Å². The molecule has 122 valence electrons. The second kappa shape index (κ2) is 8.05. The molecule has 0 amide bonds. The van der Waals surface area contributed by atoms with E-state index in [1.807, 2.05) is 0 Å². The first-order valence-corrected chi connectivity index (χ1v) is 13.4. The summed E-state index contributed by atoms with van der Waals surface area (Å²) in [5.74, 6) is 0. The minimum absolute atomic E-state index is 0.680. The molecule has 0 radical (unpaired) electrons. The Morgan fingerprint density at radius 3 is 1.62 bits per heavy atom. The topological polar surface area (TPSA) is 9.23 Å². The van der Waals surface area contributed by atoms with Gasteiger partial charge in [0, 0.05) is 0 Å². The van der Waals surface area contributed by atoms with Crippen LogP contribution in [-0.2, 0) is 11.3 Å². The molecule has 0 aliphatic carbocycles. The summed E-state index contributed by atoms with van der Waals surface area (Å²) in [5.41, 5.74) is 4.15. The average Bonchev–Trinajstić information content (AvgIpc) is 2.60. The van der Waals surface area contributed by atoms with Gasteiger partial charge in [0.25, 0.3) is 0 Å². The van der Waals surface area contributed by atoms with Crippen LogP contribution < -0.4 is 9.81 Å². The molecule has 0 saturated carbocycles. The van der Waals surface area contributed by atoms with Gasteiger partial charge in [0.05, 0.1) is 0 Å². The van der Waals surface area contributed by atoms with E-state index in [1.165, 1.54) is 20.0 Å². The Balaban J connectivity index is 2.24. The van der Waals surface area contributed by atoms with Gasteiger partial charge < -0.3 is 0 Å². The van der Waals surface area contributed by atoms with Crippen LogP contribution in [0.5, 0.6) is 0 Å². The number of rotatable bonds is 5. The van der Waals surface area contributed by atoms with Gasteiger partial charge in [-0.05, 0) is 0 Å². The molecule has 3 rings (SSSR count). The maximum atomic E-state index is 5.48. The van der Waals surface area contributed by atoms with Crippen molar-refractivity contribution < 1.29 is 4.74 Å². The van der Waals surface area contributed by atoms with E-state index in [-0.39, 0.29) is 0 Å². The third kappa shape index (κ3) is 3.61. The van der Waals surface area contributed by atoms with Gasteiger partial charge in [0.1, 0.15) is 0 Å². The molecule has 3 aromatic rings. The van der Waals surface area contributed by atoms with Crippen LogP contribution in [0.3, 0.4) is 0 Å². The molecule has 0 aliphatic heterocycles. The number of aryl methyl sites for hydroxylation is 2. The van der Waals surface area contributed by atoms with Crippen LogP contribution in [0.1, 0.15) is 16.7 Å². The van der Waals surface area contributed by atoms with Gasteiger partial charge in [0.2, 0.25) is 0 Å². The summed E-state index contributed by atoms with van der Waals surface area (Å²) in [6.07, 6.45) is 0. The summed E-state index contributed by atoms with van der Waals surface area (Å²) in [5, 5.41) is 0. The molecule has 0 bridgehead atoms. The van der Waals surface area contributed by atoms with E-state index in [2.05, 4.69) is 86.6 Å². The van der Waals surface area contributed by atoms with E-state index in [9.17, 15) is 0 Å². The van der Waals surface area contributed by atoms with Crippen molar-refractivity contribution in [1.82, 2.24) is 0 Å². The van der Waals surface area contributed by atoms with E-state index in [0.29, 0.717) is 6.61 Å². The van der Waals surface area contributed by atoms with Crippen molar-refractivity contribution in [3.63, 3.8) is 0 Å². The Morgan fingerprint density at radius 2 is 1.12 bits per heavy atom. The second-order valence-electron chi connectivity index (χ2n) is 5.97. The number of hydrogen-bond donors (Lipinski definition) is 0. The molecule has 1 nitrogen and oxygen atoms in total. The molecule has 0 N–H and O–H groups in total. The van der Waals surface area contributed by atoms with Crippen LogP contribution >= 0.6 is 0 Å². The van der Waals surface area contributed by atoms with Gasteiger partial charge >= 0.3 is 153 Å². The van der Waals surface area contributed by atoms with Crippen molar-refractivity contribution in [1.29, 1.82) is 0 Å². The van der Waals surface area contributed by atoms with Crippen LogP contribution in [0.15, 0.2) is 72.8 Å². The first kappa shape index (κ1) is 17.3. The van der Waals surface area contributed by atoms with E-state index in [1.54, 1.807) is 13.7 Å². The third-order valence-corrected chi connectivity index (χ3v) is 15.5. The van der Waals surface area contributed by atoms with E-state index >= 15 is 0 Å². The Kier molecular flexibility index (Phi) is 5.82. The van der Waals surface area contributed by atoms with Crippen molar-refractivity contribution in [2.24, 2.45) is 0 Å². The molecule has 0 atom stereocenters. The number of benzene rings is 3. The zero-order chi connectivity index (χ0) is 16.9. The first-order chi connectivity index (χ1) is 11.7. The van der Waals surface area contributed by atoms with Crippen LogP contribution in [-0.4, -0.2) is 28.9 Å². The molecular weight excluding hydrogens is 489 g/mol. The zero-order valence-electron chi connectivity index (χ0n) is 14.5. The molecule has 3 aromatic carbocycles. The number of hydrogen-bond acceptors (Lipinski definition) is 1. The van der Waals surface area contributed by atoms with Gasteiger partial charge in [-0.25, -0.2) is 0 Å². The van der Waals surface area contributed by atoms with Gasteiger partial charge in [-0.15, -0.1) is 0 Å². The molecule has 0 aliphatic rings. The summed E-state index contributed by atoms with van der Waals surface area (Å²) < 4.78 is 10.1. The Morgan fingerprint density at radius 1 is 0.667 bits per heavy atom. The fourth-order valence-corrected chi connectivity index (χ4v) is 13.8. The monoisotopic (exact) mass is 512 g/mol. The quantitative estimate of drug-likeness (QED) is 0.478. The molecule has 0 spiro atoms. The summed E-state index contributed by atoms with van der Waals surface area (Å²) >= 11 is -2.36. The summed E-state index contributed by atoms with van der Waals surface area (Å²) in [6.45, 7) is 5.17. The molecule has 0 saturated heterocycles. The van der Waals surface area contributed by atoms with Gasteiger partial charge in [0.15, 0.2) is 0 Å². The molecule has 0 fully saturated rings. The maximum absolute atomic E-state index is 5.48. The second-order valence-corrected chi connectivity index (χ2v) is 14.2. The van der Waals surface area contributed by atoms with Crippen LogP contribution in [0.4, 0.5) is 0 Å². The fourth-order valence-electron chi connectivity index (χ4n) is 3.02. The first-order valence-electron chi connectivity index (χ1n) is 8.20. The molecular formula is C22H23BiO. The predicted molar refractivity (Wildman–Crippen MR) is 104 cm³/mol. The SMILES string of the molecule is COCc1cccc[c]1[Bi]([c]1ccccc1C)[c]1ccccc1C. The Bertz CT molecular complexity index is 780. The fraction of sp³-hybridized carbons (Fsp3) is 0.182. The normalized spacial score (nSPS) is 11.0. The number of ether oxygens (including phenoxy) is 1. The molecule has 24 heavy (non-hydrogen) atoms. The van der Waals surface area contributed by atoms with Crippen molar-refractivity contribution in [3.05, 3.63) is 89.5 Å². The number of methoxy groups -OCH3 is 1. The summed E-state index contributed by atoms with van der Waals surface area (Å²) in [7, 11) is 1.78. The van der Waals surface area contributed by atoms with E-state index in [0.717, 1.165) is 0 Å². The van der Waals surface area contributed by atoms with Crippen LogP contribution in [0, 0.1) is 13.8 Å². The van der Waals surface area contributed by atoms with Gasteiger partial charge in [-0.2, -0.15) is 0 Å². The van der Waals surface area contributed by atoms with Crippen LogP contribution in [0.25, 0.3) is 0 Å². The molecule has 2 heteroatoms. The standard InChI is InChI=1S/C8H9O.2C7H7.Bi/c1-9-7-8-5-3-2-4-6-8;2*1-7-5-3-2-4-6-7;/h2-5H,7H2,1H3;2*2-5H,1H3;. The summed E-state index contributed by atoms with van der Waals surface area (Å²) in [4.78, 5) is 0. The van der Waals surface area contributed by atoms with Crippen molar-refractivity contribution >= 4 is 31.6 Å². The Hall–Kier alpha value is -1.50. The Labute approximate surface area is 153 Å². The van der Waals surface area contributed by atoms with E-state index < -0.39 is 21.8 Å². The summed E-state index contributed by atoms with van der Waals surface area (Å²) in [6, 6.07) is 26.6. The molecule has 0 heterocycles. The molecule has 0 aromatic heterocycles. The van der Waals surface area contributed by atoms with Crippen molar-refractivity contribution in [2.45, 2.75) is 20.5 Å². The average molecular weight is 512 g/mol. The third-order valence-electron chi connectivity index (χ3n) is 4.25.